The van der Waals surface area contributed by atoms with Gasteiger partial charge in [-0.05, 0) is 48.9 Å². The van der Waals surface area contributed by atoms with Crippen LogP contribution in [0, 0.1) is 10.1 Å². The molecule has 0 N–H and O–H groups in total. The van der Waals surface area contributed by atoms with Gasteiger partial charge in [0.2, 0.25) is 0 Å². The lowest BCUT2D eigenvalue weighted by atomic mass is 9.90. The van der Waals surface area contributed by atoms with E-state index in [-0.39, 0.29) is 23.4 Å². The quantitative estimate of drug-likeness (QED) is 0.145. The van der Waals surface area contributed by atoms with Crippen molar-refractivity contribution < 1.29 is 23.6 Å². The number of nitro groups is 1. The van der Waals surface area contributed by atoms with Crippen molar-refractivity contribution in [2.24, 2.45) is 4.99 Å². The van der Waals surface area contributed by atoms with Crippen LogP contribution in [0.2, 0.25) is 0 Å². The van der Waals surface area contributed by atoms with Crippen LogP contribution in [-0.2, 0) is 9.53 Å². The number of carbonyl (C=O) groups excluding carboxylic acids is 1. The summed E-state index contributed by atoms with van der Waals surface area (Å²) >= 11 is 1.15. The SMILES string of the molecule is CCOC(=O)C1=C(C)N=c2sc(=Cc3ccc(-c4ccccc4[N+](=O)[O-])o3)c(=O)n2C1c1c(OC)ccc2ccccc12. The Hall–Kier alpha value is -5.29. The second-order valence-corrected chi connectivity index (χ2v) is 10.7. The number of hydrogen-bond acceptors (Lipinski definition) is 9. The highest BCUT2D eigenvalue weighted by atomic mass is 32.1. The highest BCUT2D eigenvalue weighted by Gasteiger charge is 2.36. The number of aromatic nitrogens is 1. The van der Waals surface area contributed by atoms with E-state index in [0.717, 1.165) is 22.1 Å². The third-order valence-electron chi connectivity index (χ3n) is 7.21. The molecule has 0 radical (unpaired) electrons. The van der Waals surface area contributed by atoms with Crippen molar-refractivity contribution in [3.8, 4) is 17.1 Å². The van der Waals surface area contributed by atoms with E-state index in [1.165, 1.54) is 10.6 Å². The van der Waals surface area contributed by atoms with Gasteiger partial charge in [-0.3, -0.25) is 19.5 Å². The molecule has 0 amide bonds. The summed E-state index contributed by atoms with van der Waals surface area (Å²) in [5, 5.41) is 13.3. The van der Waals surface area contributed by atoms with Gasteiger partial charge in [0, 0.05) is 17.7 Å². The van der Waals surface area contributed by atoms with Crippen LogP contribution in [0.25, 0.3) is 28.2 Å². The Kier molecular flexibility index (Phi) is 7.24. The lowest BCUT2D eigenvalue weighted by Gasteiger charge is -2.27. The standard InChI is InChI=1S/C32H25N3O7S/c1-4-41-31(37)27-18(2)33-32-34(29(27)28-21-10-6-5-9-19(21)13-15-25(28)40-3)30(36)26(43-32)17-20-14-16-24(42-20)22-11-7-8-12-23(22)35(38)39/h5-17,29H,4H2,1-3H3. The highest BCUT2D eigenvalue weighted by molar-refractivity contribution is 7.07. The first-order valence-electron chi connectivity index (χ1n) is 13.4. The molecule has 1 aliphatic rings. The molecule has 6 rings (SSSR count). The molecule has 43 heavy (non-hydrogen) atoms. The summed E-state index contributed by atoms with van der Waals surface area (Å²) in [5.41, 5.74) is 1.17. The zero-order chi connectivity index (χ0) is 30.2. The molecule has 0 spiro atoms. The average Bonchev–Trinajstić information content (AvgIpc) is 3.59. The van der Waals surface area contributed by atoms with Crippen LogP contribution >= 0.6 is 11.3 Å². The number of hydrogen-bond donors (Lipinski definition) is 0. The molecular weight excluding hydrogens is 570 g/mol. The number of methoxy groups -OCH3 is 1. The molecule has 3 aromatic carbocycles. The molecule has 3 heterocycles. The van der Waals surface area contributed by atoms with Crippen LogP contribution in [0.4, 0.5) is 5.69 Å². The van der Waals surface area contributed by atoms with Crippen LogP contribution in [-0.4, -0.2) is 29.2 Å². The lowest BCUT2D eigenvalue weighted by Crippen LogP contribution is -2.40. The number of carbonyl (C=O) groups is 1. The second kappa shape index (κ2) is 11.2. The molecule has 5 aromatic rings. The molecule has 216 valence electrons. The van der Waals surface area contributed by atoms with Crippen LogP contribution in [0.1, 0.15) is 31.2 Å². The Morgan fingerprint density at radius 3 is 2.65 bits per heavy atom. The Bertz CT molecular complexity index is 2140. The number of rotatable bonds is 7. The van der Waals surface area contributed by atoms with Crippen molar-refractivity contribution in [1.29, 1.82) is 0 Å². The van der Waals surface area contributed by atoms with E-state index < -0.39 is 16.9 Å². The number of esters is 1. The van der Waals surface area contributed by atoms with Gasteiger partial charge in [-0.1, -0.05) is 53.8 Å². The number of nitrogens with zero attached hydrogens (tertiary/aromatic N) is 3. The van der Waals surface area contributed by atoms with E-state index in [0.29, 0.717) is 43.4 Å². The Morgan fingerprint density at radius 2 is 1.88 bits per heavy atom. The number of allylic oxidation sites excluding steroid dienone is 1. The summed E-state index contributed by atoms with van der Waals surface area (Å²) in [6.07, 6.45) is 1.57. The summed E-state index contributed by atoms with van der Waals surface area (Å²) in [5.74, 6) is 0.567. The second-order valence-electron chi connectivity index (χ2n) is 9.68. The number of ether oxygens (including phenoxy) is 2. The molecule has 11 heteroatoms. The number of para-hydroxylation sites is 1. The fraction of sp³-hybridized carbons (Fsp3) is 0.156. The molecule has 0 bridgehead atoms. The Morgan fingerprint density at radius 1 is 1.12 bits per heavy atom. The van der Waals surface area contributed by atoms with Crippen LogP contribution in [0.15, 0.2) is 98.3 Å². The smallest absolute Gasteiger partial charge is 0.338 e. The highest BCUT2D eigenvalue weighted by Crippen LogP contribution is 2.40. The van der Waals surface area contributed by atoms with Gasteiger partial charge < -0.3 is 13.9 Å². The first kappa shape index (κ1) is 27.9. The number of fused-ring (bicyclic) bond motifs is 2. The zero-order valence-corrected chi connectivity index (χ0v) is 24.2. The normalized spacial score (nSPS) is 14.9. The minimum atomic E-state index is -0.877. The molecule has 1 atom stereocenters. The Balaban J connectivity index is 1.56. The molecule has 2 aromatic heterocycles. The van der Waals surface area contributed by atoms with Crippen molar-refractivity contribution in [2.75, 3.05) is 13.7 Å². The lowest BCUT2D eigenvalue weighted by molar-refractivity contribution is -0.384. The number of benzene rings is 3. The first-order chi connectivity index (χ1) is 20.8. The van der Waals surface area contributed by atoms with E-state index >= 15 is 0 Å². The fourth-order valence-electron chi connectivity index (χ4n) is 5.35. The van der Waals surface area contributed by atoms with Gasteiger partial charge in [0.05, 0.1) is 40.0 Å². The first-order valence-corrected chi connectivity index (χ1v) is 14.2. The summed E-state index contributed by atoms with van der Waals surface area (Å²) in [6, 6.07) is 20.1. The Labute approximate surface area is 248 Å². The molecule has 10 nitrogen and oxygen atoms in total. The van der Waals surface area contributed by atoms with Gasteiger partial charge in [0.25, 0.3) is 11.2 Å². The van der Waals surface area contributed by atoms with Crippen LogP contribution in [0.3, 0.4) is 0 Å². The van der Waals surface area contributed by atoms with E-state index in [9.17, 15) is 19.7 Å². The van der Waals surface area contributed by atoms with E-state index in [2.05, 4.69) is 4.99 Å². The van der Waals surface area contributed by atoms with Crippen LogP contribution in [0.5, 0.6) is 5.75 Å². The summed E-state index contributed by atoms with van der Waals surface area (Å²) in [4.78, 5) is 43.6. The summed E-state index contributed by atoms with van der Waals surface area (Å²) in [7, 11) is 1.55. The van der Waals surface area contributed by atoms with Gasteiger partial charge in [-0.25, -0.2) is 9.79 Å². The van der Waals surface area contributed by atoms with E-state index in [1.807, 2.05) is 36.4 Å². The molecule has 0 saturated carbocycles. The van der Waals surface area contributed by atoms with Gasteiger partial charge in [0.1, 0.15) is 23.3 Å². The van der Waals surface area contributed by atoms with E-state index in [1.54, 1.807) is 57.4 Å². The molecule has 1 unspecified atom stereocenters. The predicted octanol–water partition coefficient (Wildman–Crippen LogP) is 5.13. The van der Waals surface area contributed by atoms with Crippen molar-refractivity contribution in [3.63, 3.8) is 0 Å². The molecule has 0 saturated heterocycles. The minimum Gasteiger partial charge on any atom is -0.496 e. The monoisotopic (exact) mass is 595 g/mol. The average molecular weight is 596 g/mol. The molecular formula is C32H25N3O7S. The number of thiazole rings is 1. The van der Waals surface area contributed by atoms with Gasteiger partial charge in [-0.15, -0.1) is 0 Å². The van der Waals surface area contributed by atoms with Crippen molar-refractivity contribution in [3.05, 3.63) is 125 Å². The molecule has 0 fully saturated rings. The van der Waals surface area contributed by atoms with Gasteiger partial charge in [0.15, 0.2) is 4.80 Å². The van der Waals surface area contributed by atoms with E-state index in [4.69, 9.17) is 13.9 Å². The van der Waals surface area contributed by atoms with Crippen molar-refractivity contribution in [1.82, 2.24) is 4.57 Å². The van der Waals surface area contributed by atoms with Crippen LogP contribution < -0.4 is 19.6 Å². The fourth-order valence-corrected chi connectivity index (χ4v) is 6.37. The third-order valence-corrected chi connectivity index (χ3v) is 8.19. The van der Waals surface area contributed by atoms with Crippen molar-refractivity contribution in [2.45, 2.75) is 19.9 Å². The maximum absolute atomic E-state index is 14.1. The van der Waals surface area contributed by atoms with Crippen molar-refractivity contribution >= 4 is 39.8 Å². The summed E-state index contributed by atoms with van der Waals surface area (Å²) < 4.78 is 18.9. The number of furan rings is 1. The molecule has 0 aliphatic carbocycles. The maximum atomic E-state index is 14.1. The zero-order valence-electron chi connectivity index (χ0n) is 23.4. The third kappa shape index (κ3) is 4.83. The topological polar surface area (TPSA) is 126 Å². The predicted molar refractivity (Wildman–Crippen MR) is 162 cm³/mol. The minimum absolute atomic E-state index is 0.0891. The maximum Gasteiger partial charge on any atom is 0.338 e. The van der Waals surface area contributed by atoms with Gasteiger partial charge in [-0.2, -0.15) is 0 Å². The number of nitro benzene ring substituents is 1. The molecule has 1 aliphatic heterocycles. The largest absolute Gasteiger partial charge is 0.496 e. The van der Waals surface area contributed by atoms with Gasteiger partial charge >= 0.3 is 5.97 Å². The summed E-state index contributed by atoms with van der Waals surface area (Å²) in [6.45, 7) is 3.59.